The highest BCUT2D eigenvalue weighted by Crippen LogP contribution is 2.34. The SMILES string of the molecule is CCCCCC(NCCC)C1CCCC(CC)C1. The van der Waals surface area contributed by atoms with Crippen molar-refractivity contribution in [3.63, 3.8) is 0 Å². The van der Waals surface area contributed by atoms with Crippen molar-refractivity contribution in [1.29, 1.82) is 0 Å². The summed E-state index contributed by atoms with van der Waals surface area (Å²) in [7, 11) is 0. The van der Waals surface area contributed by atoms with Gasteiger partial charge in [-0.25, -0.2) is 0 Å². The Morgan fingerprint density at radius 2 is 1.89 bits per heavy atom. The Bertz CT molecular complexity index is 190. The second kappa shape index (κ2) is 9.83. The van der Waals surface area contributed by atoms with Crippen LogP contribution in [0.15, 0.2) is 0 Å². The van der Waals surface area contributed by atoms with Gasteiger partial charge < -0.3 is 5.32 Å². The number of nitrogens with one attached hydrogen (secondary N) is 1. The summed E-state index contributed by atoms with van der Waals surface area (Å²) >= 11 is 0. The van der Waals surface area contributed by atoms with Gasteiger partial charge in [-0.2, -0.15) is 0 Å². The zero-order chi connectivity index (χ0) is 13.2. The molecule has 108 valence electrons. The van der Waals surface area contributed by atoms with Crippen LogP contribution < -0.4 is 5.32 Å². The van der Waals surface area contributed by atoms with Crippen LogP contribution >= 0.6 is 0 Å². The third-order valence-corrected chi connectivity index (χ3v) is 4.74. The molecule has 0 aromatic heterocycles. The molecule has 3 unspecified atom stereocenters. The lowest BCUT2D eigenvalue weighted by Crippen LogP contribution is -2.39. The van der Waals surface area contributed by atoms with Gasteiger partial charge in [-0.1, -0.05) is 59.3 Å². The van der Waals surface area contributed by atoms with Crippen molar-refractivity contribution < 1.29 is 0 Å². The van der Waals surface area contributed by atoms with E-state index >= 15 is 0 Å². The van der Waals surface area contributed by atoms with E-state index in [2.05, 4.69) is 26.1 Å². The molecule has 1 aliphatic carbocycles. The molecule has 1 saturated carbocycles. The summed E-state index contributed by atoms with van der Waals surface area (Å²) in [6.45, 7) is 8.18. The highest BCUT2D eigenvalue weighted by Gasteiger charge is 2.26. The highest BCUT2D eigenvalue weighted by atomic mass is 14.9. The fraction of sp³-hybridized carbons (Fsp3) is 1.00. The third kappa shape index (κ3) is 5.73. The van der Waals surface area contributed by atoms with Crippen LogP contribution in [0.5, 0.6) is 0 Å². The smallest absolute Gasteiger partial charge is 0.00954 e. The molecule has 0 saturated heterocycles. The predicted octanol–water partition coefficient (Wildman–Crippen LogP) is 5.15. The average Bonchev–Trinajstić information content (AvgIpc) is 2.42. The van der Waals surface area contributed by atoms with E-state index in [1.54, 1.807) is 0 Å². The van der Waals surface area contributed by atoms with E-state index in [-0.39, 0.29) is 0 Å². The van der Waals surface area contributed by atoms with Gasteiger partial charge in [0.25, 0.3) is 0 Å². The van der Waals surface area contributed by atoms with Crippen molar-refractivity contribution >= 4 is 0 Å². The van der Waals surface area contributed by atoms with Gasteiger partial charge in [0.15, 0.2) is 0 Å². The molecule has 0 heterocycles. The Morgan fingerprint density at radius 1 is 1.06 bits per heavy atom. The van der Waals surface area contributed by atoms with Crippen LogP contribution in [0.25, 0.3) is 0 Å². The van der Waals surface area contributed by atoms with Crippen molar-refractivity contribution in [2.75, 3.05) is 6.54 Å². The molecule has 0 aliphatic heterocycles. The number of hydrogen-bond donors (Lipinski definition) is 1. The first-order valence-corrected chi connectivity index (χ1v) is 8.55. The van der Waals surface area contributed by atoms with E-state index in [4.69, 9.17) is 0 Å². The standard InChI is InChI=1S/C17H35N/c1-4-7-8-12-17(18-13-5-2)16-11-9-10-15(6-3)14-16/h15-18H,4-14H2,1-3H3. The fourth-order valence-corrected chi connectivity index (χ4v) is 3.52. The van der Waals surface area contributed by atoms with Crippen LogP contribution in [0.1, 0.15) is 85.0 Å². The first kappa shape index (κ1) is 16.0. The van der Waals surface area contributed by atoms with E-state index in [9.17, 15) is 0 Å². The van der Waals surface area contributed by atoms with Crippen molar-refractivity contribution in [1.82, 2.24) is 5.32 Å². The number of rotatable bonds is 9. The summed E-state index contributed by atoms with van der Waals surface area (Å²) < 4.78 is 0. The van der Waals surface area contributed by atoms with Crippen LogP contribution in [0.3, 0.4) is 0 Å². The monoisotopic (exact) mass is 253 g/mol. The van der Waals surface area contributed by atoms with Crippen LogP contribution in [0.4, 0.5) is 0 Å². The molecule has 1 fully saturated rings. The zero-order valence-corrected chi connectivity index (χ0v) is 13.0. The molecule has 1 aliphatic rings. The Kier molecular flexibility index (Phi) is 8.75. The Hall–Kier alpha value is -0.0400. The first-order chi connectivity index (χ1) is 8.81. The molecule has 1 N–H and O–H groups in total. The van der Waals surface area contributed by atoms with E-state index in [0.717, 1.165) is 17.9 Å². The van der Waals surface area contributed by atoms with E-state index in [1.165, 1.54) is 70.8 Å². The summed E-state index contributed by atoms with van der Waals surface area (Å²) in [4.78, 5) is 0. The van der Waals surface area contributed by atoms with Crippen LogP contribution in [0.2, 0.25) is 0 Å². The maximum Gasteiger partial charge on any atom is 0.00954 e. The summed E-state index contributed by atoms with van der Waals surface area (Å²) in [6.07, 6.45) is 14.2. The number of hydrogen-bond acceptors (Lipinski definition) is 1. The van der Waals surface area contributed by atoms with E-state index in [0.29, 0.717) is 0 Å². The second-order valence-corrected chi connectivity index (χ2v) is 6.26. The van der Waals surface area contributed by atoms with Gasteiger partial charge in [-0.15, -0.1) is 0 Å². The normalized spacial score (nSPS) is 26.2. The topological polar surface area (TPSA) is 12.0 Å². The summed E-state index contributed by atoms with van der Waals surface area (Å²) in [5.74, 6) is 1.98. The van der Waals surface area contributed by atoms with Gasteiger partial charge in [0.05, 0.1) is 0 Å². The molecule has 1 heteroatoms. The maximum atomic E-state index is 3.84. The lowest BCUT2D eigenvalue weighted by molar-refractivity contribution is 0.199. The lowest BCUT2D eigenvalue weighted by Gasteiger charge is -2.35. The molecular formula is C17H35N. The molecule has 0 aromatic rings. The Morgan fingerprint density at radius 3 is 2.56 bits per heavy atom. The number of unbranched alkanes of at least 4 members (excludes halogenated alkanes) is 2. The molecular weight excluding hydrogens is 218 g/mol. The largest absolute Gasteiger partial charge is 0.314 e. The van der Waals surface area contributed by atoms with Crippen LogP contribution in [-0.2, 0) is 0 Å². The minimum atomic E-state index is 0.811. The van der Waals surface area contributed by atoms with Gasteiger partial charge in [0.2, 0.25) is 0 Å². The van der Waals surface area contributed by atoms with Crippen LogP contribution in [-0.4, -0.2) is 12.6 Å². The van der Waals surface area contributed by atoms with Crippen molar-refractivity contribution in [2.24, 2.45) is 11.8 Å². The maximum absolute atomic E-state index is 3.84. The van der Waals surface area contributed by atoms with Gasteiger partial charge in [-0.3, -0.25) is 0 Å². The van der Waals surface area contributed by atoms with Crippen molar-refractivity contribution in [3.8, 4) is 0 Å². The molecule has 0 bridgehead atoms. The van der Waals surface area contributed by atoms with Gasteiger partial charge in [0.1, 0.15) is 0 Å². The minimum Gasteiger partial charge on any atom is -0.314 e. The average molecular weight is 253 g/mol. The van der Waals surface area contributed by atoms with Gasteiger partial charge >= 0.3 is 0 Å². The summed E-state index contributed by atoms with van der Waals surface area (Å²) in [6, 6.07) is 0.811. The summed E-state index contributed by atoms with van der Waals surface area (Å²) in [5, 5.41) is 3.84. The van der Waals surface area contributed by atoms with E-state index in [1.807, 2.05) is 0 Å². The minimum absolute atomic E-state index is 0.811. The first-order valence-electron chi connectivity index (χ1n) is 8.55. The molecule has 1 rings (SSSR count). The Balaban J connectivity index is 2.40. The van der Waals surface area contributed by atoms with Crippen molar-refractivity contribution in [2.45, 2.75) is 91.0 Å². The summed E-state index contributed by atoms with van der Waals surface area (Å²) in [5.41, 5.74) is 0. The second-order valence-electron chi connectivity index (χ2n) is 6.26. The van der Waals surface area contributed by atoms with Gasteiger partial charge in [0, 0.05) is 6.04 Å². The fourth-order valence-electron chi connectivity index (χ4n) is 3.52. The zero-order valence-electron chi connectivity index (χ0n) is 13.0. The Labute approximate surface area is 115 Å². The van der Waals surface area contributed by atoms with E-state index < -0.39 is 0 Å². The highest BCUT2D eigenvalue weighted by molar-refractivity contribution is 4.82. The predicted molar refractivity (Wildman–Crippen MR) is 82.0 cm³/mol. The quantitative estimate of drug-likeness (QED) is 0.560. The molecule has 18 heavy (non-hydrogen) atoms. The molecule has 0 amide bonds. The van der Waals surface area contributed by atoms with Crippen LogP contribution in [0, 0.1) is 11.8 Å². The third-order valence-electron chi connectivity index (χ3n) is 4.74. The molecule has 0 spiro atoms. The molecule has 1 nitrogen and oxygen atoms in total. The molecule has 0 aromatic carbocycles. The van der Waals surface area contributed by atoms with Crippen molar-refractivity contribution in [3.05, 3.63) is 0 Å². The molecule has 3 atom stereocenters. The van der Waals surface area contributed by atoms with Gasteiger partial charge in [-0.05, 0) is 44.1 Å². The lowest BCUT2D eigenvalue weighted by atomic mass is 9.75. The molecule has 0 radical (unpaired) electrons.